The largest absolute Gasteiger partial charge is 0.495 e. The molecule has 1 aromatic carbocycles. The van der Waals surface area contributed by atoms with Gasteiger partial charge in [-0.1, -0.05) is 36.0 Å². The summed E-state index contributed by atoms with van der Waals surface area (Å²) in [5.74, 6) is 0.338. The molecule has 2 aliphatic heterocycles. The Kier molecular flexibility index (Phi) is 4.55. The number of thioether (sulfide) groups is 1. The highest BCUT2D eigenvalue weighted by Crippen LogP contribution is 2.36. The van der Waals surface area contributed by atoms with Gasteiger partial charge in [-0.15, -0.1) is 5.10 Å². The summed E-state index contributed by atoms with van der Waals surface area (Å²) in [7, 11) is -0.453. The second-order valence-electron chi connectivity index (χ2n) is 6.70. The van der Waals surface area contributed by atoms with E-state index < -0.39 is 18.3 Å². The third-order valence-electron chi connectivity index (χ3n) is 4.43. The molecule has 3 rings (SSSR count). The standard InChI is InChI=1S/C16H20BN3O3S/c1-15(2)16(3,4)23-17(22-15)12-8-6-5-7-11(12)9-18-20-14-19-13(21)10-24-14/h5-9H,10H2,1-4H3,(H,19,20,21). The number of rotatable bonds is 3. The summed E-state index contributed by atoms with van der Waals surface area (Å²) in [6.07, 6.45) is 1.65. The Hall–Kier alpha value is -1.64. The third kappa shape index (κ3) is 3.40. The van der Waals surface area contributed by atoms with E-state index in [-0.39, 0.29) is 5.91 Å². The van der Waals surface area contributed by atoms with Crippen LogP contribution in [0.25, 0.3) is 0 Å². The number of hydrogen-bond acceptors (Lipinski definition) is 6. The molecule has 1 N–H and O–H groups in total. The Morgan fingerprint density at radius 2 is 1.88 bits per heavy atom. The van der Waals surface area contributed by atoms with Gasteiger partial charge in [-0.05, 0) is 38.7 Å². The van der Waals surface area contributed by atoms with Gasteiger partial charge in [-0.2, -0.15) is 5.10 Å². The number of benzene rings is 1. The van der Waals surface area contributed by atoms with Crippen molar-refractivity contribution < 1.29 is 14.1 Å². The first-order valence-electron chi connectivity index (χ1n) is 7.77. The zero-order valence-corrected chi connectivity index (χ0v) is 15.0. The van der Waals surface area contributed by atoms with E-state index >= 15 is 0 Å². The molecule has 24 heavy (non-hydrogen) atoms. The second-order valence-corrected chi connectivity index (χ2v) is 7.67. The van der Waals surface area contributed by atoms with Crippen molar-refractivity contribution in [3.05, 3.63) is 29.8 Å². The molecule has 0 aromatic heterocycles. The molecule has 2 aliphatic rings. The average molecular weight is 345 g/mol. The Morgan fingerprint density at radius 3 is 2.50 bits per heavy atom. The van der Waals surface area contributed by atoms with Crippen LogP contribution in [-0.4, -0.2) is 41.4 Å². The van der Waals surface area contributed by atoms with E-state index in [0.717, 1.165) is 11.0 Å². The minimum atomic E-state index is -0.453. The highest BCUT2D eigenvalue weighted by Gasteiger charge is 2.52. The van der Waals surface area contributed by atoms with Crippen molar-refractivity contribution in [3.63, 3.8) is 0 Å². The molecule has 0 aliphatic carbocycles. The van der Waals surface area contributed by atoms with Crippen molar-refractivity contribution in [1.29, 1.82) is 0 Å². The van der Waals surface area contributed by atoms with Crippen LogP contribution in [0.4, 0.5) is 0 Å². The summed E-state index contributed by atoms with van der Waals surface area (Å²) in [5, 5.41) is 11.3. The number of carbonyl (C=O) groups is 1. The van der Waals surface area contributed by atoms with Gasteiger partial charge in [0.1, 0.15) is 0 Å². The number of carbonyl (C=O) groups excluding carboxylic acids is 1. The molecule has 0 unspecified atom stereocenters. The molecule has 1 aromatic rings. The van der Waals surface area contributed by atoms with Crippen LogP contribution in [0.1, 0.15) is 33.3 Å². The smallest absolute Gasteiger partial charge is 0.399 e. The van der Waals surface area contributed by atoms with Gasteiger partial charge >= 0.3 is 7.12 Å². The van der Waals surface area contributed by atoms with Gasteiger partial charge in [-0.25, -0.2) is 0 Å². The fourth-order valence-corrected chi connectivity index (χ4v) is 2.97. The summed E-state index contributed by atoms with van der Waals surface area (Å²) in [5.41, 5.74) is 0.984. The molecule has 8 heteroatoms. The maximum absolute atomic E-state index is 11.1. The number of hydrogen-bond donors (Lipinski definition) is 1. The molecule has 0 atom stereocenters. The Bertz CT molecular complexity index is 702. The predicted octanol–water partition coefficient (Wildman–Crippen LogP) is 1.54. The molecule has 0 saturated carbocycles. The molecule has 126 valence electrons. The normalized spacial score (nSPS) is 24.1. The van der Waals surface area contributed by atoms with E-state index in [0.29, 0.717) is 10.9 Å². The molecule has 2 saturated heterocycles. The van der Waals surface area contributed by atoms with Crippen molar-refractivity contribution in [1.82, 2.24) is 5.32 Å². The van der Waals surface area contributed by atoms with Crippen LogP contribution in [0.5, 0.6) is 0 Å². The summed E-state index contributed by atoms with van der Waals surface area (Å²) in [4.78, 5) is 11.1. The summed E-state index contributed by atoms with van der Waals surface area (Å²) < 4.78 is 12.2. The molecule has 2 fully saturated rings. The van der Waals surface area contributed by atoms with Gasteiger partial charge in [0.25, 0.3) is 0 Å². The van der Waals surface area contributed by atoms with E-state index in [1.54, 1.807) is 6.21 Å². The molecule has 2 heterocycles. The first-order chi connectivity index (χ1) is 11.3. The van der Waals surface area contributed by atoms with Gasteiger partial charge in [-0.3, -0.25) is 4.79 Å². The van der Waals surface area contributed by atoms with Gasteiger partial charge in [0, 0.05) is 0 Å². The van der Waals surface area contributed by atoms with Gasteiger partial charge in [0.2, 0.25) is 5.91 Å². The summed E-state index contributed by atoms with van der Waals surface area (Å²) >= 11 is 1.34. The van der Waals surface area contributed by atoms with E-state index in [1.165, 1.54) is 11.8 Å². The van der Waals surface area contributed by atoms with Crippen LogP contribution < -0.4 is 10.8 Å². The average Bonchev–Trinajstić information content (AvgIpc) is 3.00. The topological polar surface area (TPSA) is 72.3 Å². The number of nitrogens with zero attached hydrogens (tertiary/aromatic N) is 2. The Balaban J connectivity index is 1.81. The first kappa shape index (κ1) is 17.2. The predicted molar refractivity (Wildman–Crippen MR) is 97.8 cm³/mol. The van der Waals surface area contributed by atoms with Crippen molar-refractivity contribution in [3.8, 4) is 0 Å². The summed E-state index contributed by atoms with van der Waals surface area (Å²) in [6.45, 7) is 8.09. The van der Waals surface area contributed by atoms with Gasteiger partial charge in [0.15, 0.2) is 5.17 Å². The quantitative estimate of drug-likeness (QED) is 0.512. The first-order valence-corrected chi connectivity index (χ1v) is 8.75. The van der Waals surface area contributed by atoms with Crippen LogP contribution in [0.15, 0.2) is 34.5 Å². The van der Waals surface area contributed by atoms with Gasteiger partial charge < -0.3 is 14.6 Å². The molecule has 1 amide bonds. The maximum atomic E-state index is 11.1. The molecule has 6 nitrogen and oxygen atoms in total. The zero-order valence-electron chi connectivity index (χ0n) is 14.2. The molecular weight excluding hydrogens is 325 g/mol. The lowest BCUT2D eigenvalue weighted by Crippen LogP contribution is -2.41. The minimum Gasteiger partial charge on any atom is -0.399 e. The van der Waals surface area contributed by atoms with Crippen LogP contribution >= 0.6 is 11.8 Å². The SMILES string of the molecule is CC1(C)OB(c2ccccc2C=NN=C2NC(=O)CS2)OC1(C)C. The van der Waals surface area contributed by atoms with Crippen LogP contribution in [0.2, 0.25) is 0 Å². The lowest BCUT2D eigenvalue weighted by atomic mass is 9.76. The lowest BCUT2D eigenvalue weighted by molar-refractivity contribution is -0.116. The molecular formula is C16H20BN3O3S. The highest BCUT2D eigenvalue weighted by atomic mass is 32.2. The van der Waals surface area contributed by atoms with E-state index in [4.69, 9.17) is 9.31 Å². The van der Waals surface area contributed by atoms with Gasteiger partial charge in [0.05, 0.1) is 23.2 Å². The van der Waals surface area contributed by atoms with E-state index in [9.17, 15) is 4.79 Å². The molecule has 0 radical (unpaired) electrons. The van der Waals surface area contributed by atoms with Crippen LogP contribution in [-0.2, 0) is 14.1 Å². The van der Waals surface area contributed by atoms with E-state index in [1.807, 2.05) is 52.0 Å². The summed E-state index contributed by atoms with van der Waals surface area (Å²) in [6, 6.07) is 7.76. The second kappa shape index (κ2) is 6.35. The fraction of sp³-hybridized carbons (Fsp3) is 0.438. The number of amides is 1. The van der Waals surface area contributed by atoms with E-state index in [2.05, 4.69) is 15.5 Å². The van der Waals surface area contributed by atoms with Crippen molar-refractivity contribution >= 4 is 41.6 Å². The molecule has 0 spiro atoms. The Morgan fingerprint density at radius 1 is 1.21 bits per heavy atom. The van der Waals surface area contributed by atoms with Crippen molar-refractivity contribution in [2.24, 2.45) is 10.2 Å². The Labute approximate surface area is 146 Å². The van der Waals surface area contributed by atoms with Crippen LogP contribution in [0.3, 0.4) is 0 Å². The zero-order chi connectivity index (χ0) is 17.4. The van der Waals surface area contributed by atoms with Crippen molar-refractivity contribution in [2.45, 2.75) is 38.9 Å². The maximum Gasteiger partial charge on any atom is 0.495 e. The third-order valence-corrected chi connectivity index (χ3v) is 5.30. The lowest BCUT2D eigenvalue weighted by Gasteiger charge is -2.32. The van der Waals surface area contributed by atoms with Crippen LogP contribution in [0, 0.1) is 0 Å². The highest BCUT2D eigenvalue weighted by molar-refractivity contribution is 8.15. The molecule has 0 bridgehead atoms. The number of amidine groups is 1. The monoisotopic (exact) mass is 345 g/mol. The fourth-order valence-electron chi connectivity index (χ4n) is 2.34. The van der Waals surface area contributed by atoms with Crippen molar-refractivity contribution in [2.75, 3.05) is 5.75 Å². The minimum absolute atomic E-state index is 0.0495. The number of nitrogens with one attached hydrogen (secondary N) is 1.